The Morgan fingerprint density at radius 3 is 2.45 bits per heavy atom. The smallest absolute Gasteiger partial charge is 0.238 e. The van der Waals surface area contributed by atoms with E-state index >= 15 is 0 Å². The molecule has 0 spiro atoms. The van der Waals surface area contributed by atoms with Crippen molar-refractivity contribution in [3.63, 3.8) is 0 Å². The molecule has 0 saturated heterocycles. The van der Waals surface area contributed by atoms with Gasteiger partial charge in [0.15, 0.2) is 5.15 Å². The molecule has 1 heterocycles. The molecule has 7 heteroatoms. The fourth-order valence-corrected chi connectivity index (χ4v) is 1.98. The minimum Gasteiger partial charge on any atom is -0.350 e. The summed E-state index contributed by atoms with van der Waals surface area (Å²) in [6.07, 6.45) is 1.55. The fourth-order valence-electron chi connectivity index (χ4n) is 1.81. The van der Waals surface area contributed by atoms with Crippen molar-refractivity contribution in [2.75, 3.05) is 25.0 Å². The summed E-state index contributed by atoms with van der Waals surface area (Å²) in [4.78, 5) is 29.6. The number of halogens is 1. The van der Waals surface area contributed by atoms with E-state index in [9.17, 15) is 9.59 Å². The summed E-state index contributed by atoms with van der Waals surface area (Å²) < 4.78 is 0. The second-order valence-electron chi connectivity index (χ2n) is 5.99. The number of nitrogens with one attached hydrogen (secondary N) is 2. The number of amides is 2. The molecule has 1 rings (SSSR count). The predicted octanol–water partition coefficient (Wildman–Crippen LogP) is 1.91. The predicted molar refractivity (Wildman–Crippen MR) is 87.9 cm³/mol. The van der Waals surface area contributed by atoms with Gasteiger partial charge in [-0.1, -0.05) is 18.5 Å². The average molecular weight is 327 g/mol. The average Bonchev–Trinajstić information content (AvgIpc) is 2.38. The zero-order valence-corrected chi connectivity index (χ0v) is 14.2. The van der Waals surface area contributed by atoms with Crippen LogP contribution in [-0.2, 0) is 9.59 Å². The number of aromatic nitrogens is 1. The van der Waals surface area contributed by atoms with Crippen LogP contribution >= 0.6 is 11.6 Å². The SMILES string of the molecule is CCN(CC(=O)Nc1cccnc1Cl)CC(=O)NC(C)(C)C. The van der Waals surface area contributed by atoms with Crippen LogP contribution in [0.4, 0.5) is 5.69 Å². The molecule has 0 fully saturated rings. The molecule has 0 aromatic carbocycles. The summed E-state index contributed by atoms with van der Waals surface area (Å²) in [5.74, 6) is -0.345. The summed E-state index contributed by atoms with van der Waals surface area (Å²) in [5.41, 5.74) is 0.173. The van der Waals surface area contributed by atoms with Crippen molar-refractivity contribution in [1.82, 2.24) is 15.2 Å². The van der Waals surface area contributed by atoms with Crippen molar-refractivity contribution < 1.29 is 9.59 Å². The van der Waals surface area contributed by atoms with Crippen molar-refractivity contribution >= 4 is 29.1 Å². The number of carbonyl (C=O) groups excluding carboxylic acids is 2. The lowest BCUT2D eigenvalue weighted by Crippen LogP contribution is -2.47. The molecule has 0 saturated carbocycles. The lowest BCUT2D eigenvalue weighted by Gasteiger charge is -2.24. The third-order valence-electron chi connectivity index (χ3n) is 2.73. The third-order valence-corrected chi connectivity index (χ3v) is 3.03. The van der Waals surface area contributed by atoms with Crippen LogP contribution in [0.15, 0.2) is 18.3 Å². The highest BCUT2D eigenvalue weighted by atomic mass is 35.5. The molecule has 0 aliphatic rings. The van der Waals surface area contributed by atoms with E-state index in [-0.39, 0.29) is 35.6 Å². The van der Waals surface area contributed by atoms with Gasteiger partial charge in [-0.2, -0.15) is 0 Å². The van der Waals surface area contributed by atoms with E-state index in [1.54, 1.807) is 23.2 Å². The minimum atomic E-state index is -0.290. The van der Waals surface area contributed by atoms with Crippen LogP contribution in [0.1, 0.15) is 27.7 Å². The quantitative estimate of drug-likeness (QED) is 0.783. The van der Waals surface area contributed by atoms with Crippen molar-refractivity contribution in [3.8, 4) is 0 Å². The standard InChI is InChI=1S/C15H23ClN4O2/c1-5-20(10-13(22)19-15(2,3)4)9-12(21)18-11-7-6-8-17-14(11)16/h6-8H,5,9-10H2,1-4H3,(H,18,21)(H,19,22). The maximum atomic E-state index is 12.0. The Morgan fingerprint density at radius 1 is 1.27 bits per heavy atom. The van der Waals surface area contributed by atoms with Crippen LogP contribution < -0.4 is 10.6 Å². The Balaban J connectivity index is 2.53. The second kappa shape index (κ2) is 8.10. The van der Waals surface area contributed by atoms with Gasteiger partial charge in [0, 0.05) is 11.7 Å². The number of hydrogen-bond donors (Lipinski definition) is 2. The van der Waals surface area contributed by atoms with Gasteiger partial charge in [0.05, 0.1) is 18.8 Å². The summed E-state index contributed by atoms with van der Waals surface area (Å²) in [7, 11) is 0. The van der Waals surface area contributed by atoms with Gasteiger partial charge in [-0.05, 0) is 39.4 Å². The minimum absolute atomic E-state index is 0.110. The van der Waals surface area contributed by atoms with Crippen LogP contribution in [0, 0.1) is 0 Å². The summed E-state index contributed by atoms with van der Waals surface area (Å²) >= 11 is 5.89. The molecule has 0 radical (unpaired) electrons. The molecule has 1 aromatic heterocycles. The van der Waals surface area contributed by atoms with E-state index < -0.39 is 0 Å². The lowest BCUT2D eigenvalue weighted by atomic mass is 10.1. The summed E-state index contributed by atoms with van der Waals surface area (Å²) in [6, 6.07) is 3.37. The first kappa shape index (κ1) is 18.4. The number of likely N-dealkylation sites (N-methyl/N-ethyl adjacent to an activating group) is 1. The van der Waals surface area contributed by atoms with E-state index in [2.05, 4.69) is 15.6 Å². The molecule has 0 aliphatic heterocycles. The monoisotopic (exact) mass is 326 g/mol. The second-order valence-corrected chi connectivity index (χ2v) is 6.35. The molecule has 122 valence electrons. The van der Waals surface area contributed by atoms with Gasteiger partial charge in [-0.25, -0.2) is 4.98 Å². The van der Waals surface area contributed by atoms with Gasteiger partial charge in [0.25, 0.3) is 0 Å². The molecule has 0 atom stereocenters. The van der Waals surface area contributed by atoms with Gasteiger partial charge in [-0.15, -0.1) is 0 Å². The maximum Gasteiger partial charge on any atom is 0.238 e. The first-order valence-electron chi connectivity index (χ1n) is 7.15. The largest absolute Gasteiger partial charge is 0.350 e. The van der Waals surface area contributed by atoms with Crippen molar-refractivity contribution in [1.29, 1.82) is 0 Å². The van der Waals surface area contributed by atoms with Crippen LogP contribution in [0.25, 0.3) is 0 Å². The van der Waals surface area contributed by atoms with E-state index in [1.165, 1.54) is 0 Å². The molecule has 6 nitrogen and oxygen atoms in total. The first-order valence-corrected chi connectivity index (χ1v) is 7.53. The number of rotatable bonds is 6. The highest BCUT2D eigenvalue weighted by molar-refractivity contribution is 6.32. The normalized spacial score (nSPS) is 11.4. The van der Waals surface area contributed by atoms with Gasteiger partial charge in [0.1, 0.15) is 0 Å². The van der Waals surface area contributed by atoms with Gasteiger partial charge in [-0.3, -0.25) is 14.5 Å². The zero-order valence-electron chi connectivity index (χ0n) is 13.4. The molecule has 1 aromatic rings. The van der Waals surface area contributed by atoms with Gasteiger partial charge < -0.3 is 10.6 Å². The van der Waals surface area contributed by atoms with Gasteiger partial charge in [0.2, 0.25) is 11.8 Å². The van der Waals surface area contributed by atoms with Crippen LogP contribution in [0.2, 0.25) is 5.15 Å². The Labute approximate surface area is 136 Å². The number of hydrogen-bond acceptors (Lipinski definition) is 4. The van der Waals surface area contributed by atoms with E-state index in [0.29, 0.717) is 12.2 Å². The van der Waals surface area contributed by atoms with Crippen LogP contribution in [0.5, 0.6) is 0 Å². The Morgan fingerprint density at radius 2 is 1.91 bits per heavy atom. The molecule has 2 amide bonds. The van der Waals surface area contributed by atoms with Crippen LogP contribution in [0.3, 0.4) is 0 Å². The highest BCUT2D eigenvalue weighted by Gasteiger charge is 2.18. The number of anilines is 1. The topological polar surface area (TPSA) is 74.3 Å². The zero-order chi connectivity index (χ0) is 16.8. The molecular formula is C15H23ClN4O2. The number of nitrogens with zero attached hydrogens (tertiary/aromatic N) is 2. The van der Waals surface area contributed by atoms with E-state index in [4.69, 9.17) is 11.6 Å². The van der Waals surface area contributed by atoms with Crippen molar-refractivity contribution in [2.45, 2.75) is 33.2 Å². The summed E-state index contributed by atoms with van der Waals surface area (Å²) in [6.45, 7) is 8.51. The Hall–Kier alpha value is -1.66. The number of carbonyl (C=O) groups is 2. The molecule has 0 aliphatic carbocycles. The van der Waals surface area contributed by atoms with Crippen LogP contribution in [-0.4, -0.2) is 46.9 Å². The molecule has 0 unspecified atom stereocenters. The molecular weight excluding hydrogens is 304 g/mol. The Kier molecular flexibility index (Phi) is 6.77. The Bertz CT molecular complexity index is 529. The number of pyridine rings is 1. The molecule has 2 N–H and O–H groups in total. The highest BCUT2D eigenvalue weighted by Crippen LogP contribution is 2.17. The van der Waals surface area contributed by atoms with E-state index in [1.807, 2.05) is 27.7 Å². The maximum absolute atomic E-state index is 12.0. The molecule has 0 bridgehead atoms. The molecule has 22 heavy (non-hydrogen) atoms. The van der Waals surface area contributed by atoms with Crippen molar-refractivity contribution in [3.05, 3.63) is 23.5 Å². The van der Waals surface area contributed by atoms with Crippen molar-refractivity contribution in [2.24, 2.45) is 0 Å². The van der Waals surface area contributed by atoms with E-state index in [0.717, 1.165) is 0 Å². The fraction of sp³-hybridized carbons (Fsp3) is 0.533. The first-order chi connectivity index (χ1) is 10.2. The lowest BCUT2D eigenvalue weighted by molar-refractivity contribution is -0.124. The summed E-state index contributed by atoms with van der Waals surface area (Å²) in [5, 5.41) is 5.80. The van der Waals surface area contributed by atoms with Gasteiger partial charge >= 0.3 is 0 Å². The third kappa shape index (κ3) is 6.87.